The Labute approximate surface area is 162 Å². The highest BCUT2D eigenvalue weighted by Crippen LogP contribution is 2.26. The molecule has 8 nitrogen and oxygen atoms in total. The molecule has 0 spiro atoms. The van der Waals surface area contributed by atoms with Crippen molar-refractivity contribution in [2.75, 3.05) is 5.32 Å². The number of carbonyl (C=O) groups is 1. The Morgan fingerprint density at radius 3 is 2.41 bits per heavy atom. The summed E-state index contributed by atoms with van der Waals surface area (Å²) in [6.07, 6.45) is 0. The fourth-order valence-corrected chi connectivity index (χ4v) is 3.69. The molecule has 0 bridgehead atoms. The Hall–Kier alpha value is -2.68. The first-order valence-corrected chi connectivity index (χ1v) is 9.49. The van der Waals surface area contributed by atoms with Crippen LogP contribution in [0.25, 0.3) is 5.69 Å². The molecule has 1 N–H and O–H groups in total. The molecule has 0 unspecified atom stereocenters. The average Bonchev–Trinajstić information content (AvgIpc) is 3.14. The van der Waals surface area contributed by atoms with Crippen molar-refractivity contribution in [3.8, 4) is 5.69 Å². The highest BCUT2D eigenvalue weighted by atomic mass is 32.2. The van der Waals surface area contributed by atoms with E-state index in [1.807, 2.05) is 53.8 Å². The lowest BCUT2D eigenvalue weighted by molar-refractivity contribution is -0.115. The molecule has 142 valence electrons. The van der Waals surface area contributed by atoms with Gasteiger partial charge in [0, 0.05) is 7.05 Å². The van der Waals surface area contributed by atoms with Crippen LogP contribution in [-0.4, -0.2) is 41.1 Å². The SMILES string of the molecule is Cc1cc(C)cc(-n2nnnc2S[C@H](C)C(=O)Nc2c(C)nn(C)c2C)c1. The van der Waals surface area contributed by atoms with E-state index < -0.39 is 0 Å². The van der Waals surface area contributed by atoms with Gasteiger partial charge in [-0.25, -0.2) is 0 Å². The van der Waals surface area contributed by atoms with Crippen molar-refractivity contribution in [2.24, 2.45) is 7.05 Å². The number of hydrogen-bond acceptors (Lipinski definition) is 6. The number of aromatic nitrogens is 6. The van der Waals surface area contributed by atoms with Crippen LogP contribution in [0.3, 0.4) is 0 Å². The lowest BCUT2D eigenvalue weighted by atomic mass is 10.1. The van der Waals surface area contributed by atoms with Gasteiger partial charge in [0.15, 0.2) is 0 Å². The predicted molar refractivity (Wildman–Crippen MR) is 105 cm³/mol. The van der Waals surface area contributed by atoms with Gasteiger partial charge in [0.2, 0.25) is 11.1 Å². The Morgan fingerprint density at radius 1 is 1.15 bits per heavy atom. The first kappa shape index (κ1) is 19.1. The maximum absolute atomic E-state index is 12.7. The number of benzene rings is 1. The summed E-state index contributed by atoms with van der Waals surface area (Å²) in [5.74, 6) is -0.117. The fourth-order valence-electron chi connectivity index (χ4n) is 2.88. The summed E-state index contributed by atoms with van der Waals surface area (Å²) < 4.78 is 3.42. The molecule has 9 heteroatoms. The van der Waals surface area contributed by atoms with Crippen molar-refractivity contribution in [3.05, 3.63) is 40.7 Å². The van der Waals surface area contributed by atoms with Gasteiger partial charge in [-0.05, 0) is 68.3 Å². The maximum atomic E-state index is 12.7. The molecule has 0 radical (unpaired) electrons. The Kier molecular flexibility index (Phi) is 5.31. The van der Waals surface area contributed by atoms with Gasteiger partial charge in [0.05, 0.1) is 28.0 Å². The molecule has 0 aliphatic rings. The third kappa shape index (κ3) is 4.02. The summed E-state index contributed by atoms with van der Waals surface area (Å²) in [7, 11) is 1.86. The molecular weight excluding hydrogens is 362 g/mol. The zero-order chi connectivity index (χ0) is 19.7. The second-order valence-corrected chi connectivity index (χ2v) is 7.95. The number of carbonyl (C=O) groups excluding carboxylic acids is 1. The molecule has 0 fully saturated rings. The summed E-state index contributed by atoms with van der Waals surface area (Å²) in [4.78, 5) is 12.7. The predicted octanol–water partition coefficient (Wildman–Crippen LogP) is 2.75. The van der Waals surface area contributed by atoms with E-state index in [4.69, 9.17) is 0 Å². The van der Waals surface area contributed by atoms with E-state index in [0.29, 0.717) is 5.16 Å². The molecule has 0 aliphatic carbocycles. The molecular formula is C18H23N7OS. The zero-order valence-corrected chi connectivity index (χ0v) is 17.1. The van der Waals surface area contributed by atoms with Gasteiger partial charge < -0.3 is 5.32 Å². The van der Waals surface area contributed by atoms with Crippen LogP contribution >= 0.6 is 11.8 Å². The summed E-state index contributed by atoms with van der Waals surface area (Å²) in [6, 6.07) is 6.12. The maximum Gasteiger partial charge on any atom is 0.237 e. The van der Waals surface area contributed by atoms with Crippen LogP contribution in [0.2, 0.25) is 0 Å². The number of tetrazole rings is 1. The van der Waals surface area contributed by atoms with Crippen LogP contribution < -0.4 is 5.32 Å². The number of hydrogen-bond donors (Lipinski definition) is 1. The third-order valence-electron chi connectivity index (χ3n) is 4.30. The Balaban J connectivity index is 1.78. The minimum absolute atomic E-state index is 0.117. The zero-order valence-electron chi connectivity index (χ0n) is 16.3. The normalized spacial score (nSPS) is 12.2. The number of rotatable bonds is 5. The topological polar surface area (TPSA) is 90.5 Å². The van der Waals surface area contributed by atoms with Crippen LogP contribution in [0.4, 0.5) is 5.69 Å². The van der Waals surface area contributed by atoms with E-state index in [-0.39, 0.29) is 11.2 Å². The third-order valence-corrected chi connectivity index (χ3v) is 5.33. The van der Waals surface area contributed by atoms with Crippen LogP contribution in [0.1, 0.15) is 29.4 Å². The summed E-state index contributed by atoms with van der Waals surface area (Å²) in [5, 5.41) is 19.4. The van der Waals surface area contributed by atoms with E-state index in [1.165, 1.54) is 11.8 Å². The van der Waals surface area contributed by atoms with Crippen molar-refractivity contribution in [2.45, 2.75) is 45.0 Å². The average molecular weight is 385 g/mol. The first-order valence-electron chi connectivity index (χ1n) is 8.61. The van der Waals surface area contributed by atoms with E-state index >= 15 is 0 Å². The molecule has 1 amide bonds. The number of amides is 1. The van der Waals surface area contributed by atoms with Crippen LogP contribution in [-0.2, 0) is 11.8 Å². The van der Waals surface area contributed by atoms with Crippen molar-refractivity contribution < 1.29 is 4.79 Å². The quantitative estimate of drug-likeness (QED) is 0.679. The molecule has 2 aromatic heterocycles. The number of nitrogens with one attached hydrogen (secondary N) is 1. The van der Waals surface area contributed by atoms with Gasteiger partial charge in [-0.1, -0.05) is 17.8 Å². The minimum atomic E-state index is -0.375. The van der Waals surface area contributed by atoms with E-state index in [9.17, 15) is 4.79 Å². The second-order valence-electron chi connectivity index (χ2n) is 6.64. The number of nitrogens with zero attached hydrogens (tertiary/aromatic N) is 6. The molecule has 0 aliphatic heterocycles. The van der Waals surface area contributed by atoms with E-state index in [1.54, 1.807) is 9.36 Å². The van der Waals surface area contributed by atoms with Crippen molar-refractivity contribution in [1.29, 1.82) is 0 Å². The second kappa shape index (κ2) is 7.51. The summed E-state index contributed by atoms with van der Waals surface area (Å²) in [5.41, 5.74) is 5.60. The van der Waals surface area contributed by atoms with Crippen molar-refractivity contribution in [3.63, 3.8) is 0 Å². The summed E-state index contributed by atoms with van der Waals surface area (Å²) >= 11 is 1.32. The molecule has 0 saturated carbocycles. The van der Waals surface area contributed by atoms with Gasteiger partial charge in [-0.15, -0.1) is 5.10 Å². The number of thioether (sulfide) groups is 1. The standard InChI is InChI=1S/C18H23N7OS/c1-10-7-11(2)9-15(8-10)25-18(20-22-23-25)27-14(5)17(26)19-16-12(3)21-24(6)13(16)4/h7-9,14H,1-6H3,(H,19,26)/t14-/m1/s1. The lowest BCUT2D eigenvalue weighted by Crippen LogP contribution is -2.23. The van der Waals surface area contributed by atoms with Gasteiger partial charge >= 0.3 is 0 Å². The lowest BCUT2D eigenvalue weighted by Gasteiger charge is -2.12. The monoisotopic (exact) mass is 385 g/mol. The van der Waals surface area contributed by atoms with Crippen molar-refractivity contribution >= 4 is 23.4 Å². The molecule has 0 saturated heterocycles. The van der Waals surface area contributed by atoms with Gasteiger partial charge in [0.1, 0.15) is 0 Å². The smallest absolute Gasteiger partial charge is 0.237 e. The van der Waals surface area contributed by atoms with Crippen molar-refractivity contribution in [1.82, 2.24) is 30.0 Å². The van der Waals surface area contributed by atoms with Gasteiger partial charge in [0.25, 0.3) is 0 Å². The Bertz CT molecular complexity index is 972. The summed E-state index contributed by atoms with van der Waals surface area (Å²) in [6.45, 7) is 9.70. The molecule has 3 rings (SSSR count). The van der Waals surface area contributed by atoms with E-state index in [0.717, 1.165) is 33.9 Å². The fraction of sp³-hybridized carbons (Fsp3) is 0.389. The van der Waals surface area contributed by atoms with Crippen LogP contribution in [0.5, 0.6) is 0 Å². The Morgan fingerprint density at radius 2 is 1.81 bits per heavy atom. The molecule has 1 atom stereocenters. The van der Waals surface area contributed by atoms with Gasteiger partial charge in [-0.2, -0.15) is 9.78 Å². The highest BCUT2D eigenvalue weighted by molar-refractivity contribution is 8.00. The molecule has 1 aromatic carbocycles. The number of anilines is 1. The van der Waals surface area contributed by atoms with Crippen LogP contribution in [0, 0.1) is 27.7 Å². The molecule has 3 aromatic rings. The molecule has 2 heterocycles. The van der Waals surface area contributed by atoms with Gasteiger partial charge in [-0.3, -0.25) is 9.48 Å². The minimum Gasteiger partial charge on any atom is -0.322 e. The van der Waals surface area contributed by atoms with Crippen LogP contribution in [0.15, 0.2) is 23.4 Å². The first-order chi connectivity index (χ1) is 12.8. The molecule has 27 heavy (non-hydrogen) atoms. The highest BCUT2D eigenvalue weighted by Gasteiger charge is 2.21. The number of aryl methyl sites for hydroxylation is 4. The van der Waals surface area contributed by atoms with E-state index in [2.05, 4.69) is 32.0 Å². The largest absolute Gasteiger partial charge is 0.322 e.